The summed E-state index contributed by atoms with van der Waals surface area (Å²) in [5.41, 5.74) is 1.76. The van der Waals surface area contributed by atoms with E-state index in [2.05, 4.69) is 21.5 Å². The highest BCUT2D eigenvalue weighted by Crippen LogP contribution is 2.28. The highest BCUT2D eigenvalue weighted by atomic mass is 16.5. The van der Waals surface area contributed by atoms with Crippen LogP contribution in [0.15, 0.2) is 28.9 Å². The maximum atomic E-state index is 9.01. The summed E-state index contributed by atoms with van der Waals surface area (Å²) in [4.78, 5) is 4.02. The summed E-state index contributed by atoms with van der Waals surface area (Å²) in [7, 11) is 0. The second-order valence-corrected chi connectivity index (χ2v) is 4.27. The molecule has 2 aromatic heterocycles. The molecule has 5 heteroatoms. The van der Waals surface area contributed by atoms with Crippen LogP contribution in [-0.4, -0.2) is 16.7 Å². The second kappa shape index (κ2) is 4.59. The molecule has 0 bridgehead atoms. The Bertz CT molecular complexity index is 593. The number of nitriles is 1. The predicted molar refractivity (Wildman–Crippen MR) is 64.4 cm³/mol. The lowest BCUT2D eigenvalue weighted by Crippen LogP contribution is -2.11. The minimum absolute atomic E-state index is 0.244. The van der Waals surface area contributed by atoms with Crippen LogP contribution in [0.4, 0.5) is 0 Å². The zero-order valence-electron chi connectivity index (χ0n) is 9.76. The molecular weight excluding hydrogens is 228 g/mol. The van der Waals surface area contributed by atoms with Crippen molar-refractivity contribution in [3.05, 3.63) is 35.9 Å². The summed E-state index contributed by atoms with van der Waals surface area (Å²) in [5.74, 6) is 0.829. The van der Waals surface area contributed by atoms with Crippen LogP contribution in [-0.2, 0) is 0 Å². The molecule has 5 nitrogen and oxygen atoms in total. The molecule has 1 aliphatic heterocycles. The van der Waals surface area contributed by atoms with Crippen LogP contribution in [0, 0.1) is 11.3 Å². The van der Waals surface area contributed by atoms with Gasteiger partial charge in [-0.1, -0.05) is 5.16 Å². The monoisotopic (exact) mass is 240 g/mol. The highest BCUT2D eigenvalue weighted by Gasteiger charge is 2.21. The van der Waals surface area contributed by atoms with Gasteiger partial charge in [0.25, 0.3) is 0 Å². The third kappa shape index (κ3) is 1.87. The van der Waals surface area contributed by atoms with E-state index in [1.807, 2.05) is 12.1 Å². The maximum Gasteiger partial charge on any atom is 0.154 e. The standard InChI is InChI=1S/C13H12N4O/c14-8-12-9(3-1-5-16-12)11-7-13(18-17-11)10-4-2-6-15-10/h1,3,5,7,10,15H,2,4,6H2. The van der Waals surface area contributed by atoms with E-state index in [0.717, 1.165) is 25.1 Å². The van der Waals surface area contributed by atoms with Crippen molar-refractivity contribution >= 4 is 0 Å². The summed E-state index contributed by atoms with van der Waals surface area (Å²) < 4.78 is 5.35. The minimum atomic E-state index is 0.244. The summed E-state index contributed by atoms with van der Waals surface area (Å²) in [6.07, 6.45) is 3.81. The molecule has 3 rings (SSSR count). The molecule has 1 saturated heterocycles. The lowest BCUT2D eigenvalue weighted by Gasteiger charge is -2.02. The highest BCUT2D eigenvalue weighted by molar-refractivity contribution is 5.64. The molecule has 18 heavy (non-hydrogen) atoms. The van der Waals surface area contributed by atoms with Gasteiger partial charge >= 0.3 is 0 Å². The number of aromatic nitrogens is 2. The second-order valence-electron chi connectivity index (χ2n) is 4.27. The van der Waals surface area contributed by atoms with Crippen LogP contribution in [0.5, 0.6) is 0 Å². The van der Waals surface area contributed by atoms with Gasteiger partial charge in [-0.3, -0.25) is 0 Å². The predicted octanol–water partition coefficient (Wildman–Crippen LogP) is 2.03. The fourth-order valence-electron chi connectivity index (χ4n) is 2.21. The first-order valence-corrected chi connectivity index (χ1v) is 5.94. The van der Waals surface area contributed by atoms with Crippen molar-refractivity contribution < 1.29 is 4.52 Å². The van der Waals surface area contributed by atoms with Gasteiger partial charge in [0.1, 0.15) is 17.5 Å². The van der Waals surface area contributed by atoms with Gasteiger partial charge in [-0.25, -0.2) is 4.98 Å². The van der Waals surface area contributed by atoms with E-state index in [0.29, 0.717) is 17.0 Å². The van der Waals surface area contributed by atoms with Crippen LogP contribution in [0.1, 0.15) is 30.3 Å². The van der Waals surface area contributed by atoms with Gasteiger partial charge in [0, 0.05) is 17.8 Å². The Kier molecular flexibility index (Phi) is 2.79. The number of rotatable bonds is 2. The van der Waals surface area contributed by atoms with Crippen LogP contribution < -0.4 is 5.32 Å². The first kappa shape index (κ1) is 10.9. The van der Waals surface area contributed by atoms with Crippen LogP contribution >= 0.6 is 0 Å². The average molecular weight is 240 g/mol. The zero-order chi connectivity index (χ0) is 12.4. The van der Waals surface area contributed by atoms with Gasteiger partial charge in [0.05, 0.1) is 6.04 Å². The van der Waals surface area contributed by atoms with E-state index in [9.17, 15) is 0 Å². The third-order valence-electron chi connectivity index (χ3n) is 3.12. The van der Waals surface area contributed by atoms with Crippen molar-refractivity contribution in [1.82, 2.24) is 15.5 Å². The topological polar surface area (TPSA) is 74.7 Å². The van der Waals surface area contributed by atoms with Gasteiger partial charge in [0.2, 0.25) is 0 Å². The van der Waals surface area contributed by atoms with Crippen LogP contribution in [0.2, 0.25) is 0 Å². The molecule has 0 aliphatic carbocycles. The molecule has 1 unspecified atom stereocenters. The first-order chi connectivity index (χ1) is 8.88. The van der Waals surface area contributed by atoms with Gasteiger partial charge in [-0.2, -0.15) is 5.26 Å². The van der Waals surface area contributed by atoms with Gasteiger partial charge in [-0.15, -0.1) is 0 Å². The SMILES string of the molecule is N#Cc1ncccc1-c1cc(C2CCCN2)on1. The Morgan fingerprint density at radius 3 is 3.22 bits per heavy atom. The van der Waals surface area contributed by atoms with Crippen molar-refractivity contribution in [3.8, 4) is 17.3 Å². The van der Waals surface area contributed by atoms with Crippen molar-refractivity contribution in [3.63, 3.8) is 0 Å². The average Bonchev–Trinajstić information content (AvgIpc) is 3.09. The molecule has 2 aromatic rings. The molecule has 1 aliphatic rings. The van der Waals surface area contributed by atoms with Crippen molar-refractivity contribution in [2.45, 2.75) is 18.9 Å². The van der Waals surface area contributed by atoms with E-state index < -0.39 is 0 Å². The molecule has 0 saturated carbocycles. The number of nitrogens with zero attached hydrogens (tertiary/aromatic N) is 3. The fourth-order valence-corrected chi connectivity index (χ4v) is 2.21. The fraction of sp³-hybridized carbons (Fsp3) is 0.308. The van der Waals surface area contributed by atoms with E-state index in [4.69, 9.17) is 9.78 Å². The lowest BCUT2D eigenvalue weighted by molar-refractivity contribution is 0.353. The largest absolute Gasteiger partial charge is 0.359 e. The Labute approximate surface area is 104 Å². The van der Waals surface area contributed by atoms with Gasteiger partial charge in [0.15, 0.2) is 5.76 Å². The molecular formula is C13H12N4O. The molecule has 1 N–H and O–H groups in total. The normalized spacial score (nSPS) is 18.7. The number of hydrogen-bond acceptors (Lipinski definition) is 5. The summed E-state index contributed by atoms with van der Waals surface area (Å²) in [5, 5.41) is 16.4. The third-order valence-corrected chi connectivity index (χ3v) is 3.12. The first-order valence-electron chi connectivity index (χ1n) is 5.94. The smallest absolute Gasteiger partial charge is 0.154 e. The number of pyridine rings is 1. The molecule has 90 valence electrons. The maximum absolute atomic E-state index is 9.01. The van der Waals surface area contributed by atoms with Crippen molar-refractivity contribution in [1.29, 1.82) is 5.26 Å². The van der Waals surface area contributed by atoms with Crippen molar-refractivity contribution in [2.24, 2.45) is 0 Å². The molecule has 0 radical (unpaired) electrons. The summed E-state index contributed by atoms with van der Waals surface area (Å²) in [6, 6.07) is 7.82. The molecule has 3 heterocycles. The van der Waals surface area contributed by atoms with E-state index >= 15 is 0 Å². The van der Waals surface area contributed by atoms with E-state index in [1.165, 1.54) is 0 Å². The molecule has 0 spiro atoms. The van der Waals surface area contributed by atoms with Gasteiger partial charge in [-0.05, 0) is 31.5 Å². The Hall–Kier alpha value is -2.19. The number of nitrogens with one attached hydrogen (secondary N) is 1. The van der Waals surface area contributed by atoms with Gasteiger partial charge < -0.3 is 9.84 Å². The summed E-state index contributed by atoms with van der Waals surface area (Å²) in [6.45, 7) is 1.01. The van der Waals surface area contributed by atoms with Crippen molar-refractivity contribution in [2.75, 3.05) is 6.54 Å². The van der Waals surface area contributed by atoms with E-state index in [-0.39, 0.29) is 6.04 Å². The molecule has 0 amide bonds. The Morgan fingerprint density at radius 2 is 2.44 bits per heavy atom. The van der Waals surface area contributed by atoms with Crippen LogP contribution in [0.25, 0.3) is 11.3 Å². The van der Waals surface area contributed by atoms with Crippen LogP contribution in [0.3, 0.4) is 0 Å². The number of hydrogen-bond donors (Lipinski definition) is 1. The minimum Gasteiger partial charge on any atom is -0.359 e. The quantitative estimate of drug-likeness (QED) is 0.869. The zero-order valence-corrected chi connectivity index (χ0v) is 9.76. The Balaban J connectivity index is 1.95. The summed E-state index contributed by atoms with van der Waals surface area (Å²) >= 11 is 0. The molecule has 1 fully saturated rings. The molecule has 0 aromatic carbocycles. The van der Waals surface area contributed by atoms with E-state index in [1.54, 1.807) is 12.3 Å². The molecule has 1 atom stereocenters. The lowest BCUT2D eigenvalue weighted by atomic mass is 10.1. The Morgan fingerprint density at radius 1 is 1.50 bits per heavy atom.